The first kappa shape index (κ1) is 28.2. The molecule has 10 heteroatoms. The van der Waals surface area contributed by atoms with Gasteiger partial charge >= 0.3 is 6.09 Å². The second kappa shape index (κ2) is 12.7. The third-order valence-electron chi connectivity index (χ3n) is 5.09. The van der Waals surface area contributed by atoms with Crippen molar-refractivity contribution >= 4 is 32.9 Å². The first-order valence-electron chi connectivity index (χ1n) is 11.7. The van der Waals surface area contributed by atoms with Gasteiger partial charge in [-0.25, -0.2) is 19.2 Å². The summed E-state index contributed by atoms with van der Waals surface area (Å²) in [4.78, 5) is 20.4. The van der Waals surface area contributed by atoms with Crippen molar-refractivity contribution in [3.63, 3.8) is 0 Å². The van der Waals surface area contributed by atoms with Crippen molar-refractivity contribution in [3.05, 3.63) is 52.5 Å². The van der Waals surface area contributed by atoms with Crippen LogP contribution in [0.4, 0.5) is 9.18 Å². The van der Waals surface area contributed by atoms with E-state index in [9.17, 15) is 9.18 Å². The number of carbonyl (C=O) groups is 1. The number of benzene rings is 2. The summed E-state index contributed by atoms with van der Waals surface area (Å²) in [6.45, 7) is 5.96. The molecule has 0 aliphatic rings. The quantitative estimate of drug-likeness (QED) is 0.269. The minimum Gasteiger partial charge on any atom is -0.495 e. The van der Waals surface area contributed by atoms with E-state index in [0.717, 1.165) is 12.8 Å². The number of alkyl carbamates (subject to hydrolysis) is 1. The smallest absolute Gasteiger partial charge is 0.407 e. The molecule has 1 amide bonds. The summed E-state index contributed by atoms with van der Waals surface area (Å²) in [5.41, 5.74) is 0.753. The molecule has 1 aromatic heterocycles. The largest absolute Gasteiger partial charge is 0.495 e. The Morgan fingerprint density at radius 2 is 1.97 bits per heavy atom. The van der Waals surface area contributed by atoms with Crippen LogP contribution in [-0.4, -0.2) is 48.4 Å². The standard InChI is InChI=1S/C27H30BrFN4O4/c1-27(2,3)37-26(34)31-12-6-7-19(30-4)10-8-17-13-22-20(15-24(17)35-5)25(33-16-32-22)36-23-11-9-18(29)14-21(23)28/h9,11,13-16,19,30H,6-7,12H2,1-5H3,(H,31,34). The zero-order chi connectivity index (χ0) is 27.0. The minimum atomic E-state index is -0.530. The summed E-state index contributed by atoms with van der Waals surface area (Å²) >= 11 is 3.31. The maximum absolute atomic E-state index is 13.4. The molecule has 196 valence electrons. The van der Waals surface area contributed by atoms with Gasteiger partial charge < -0.3 is 24.8 Å². The van der Waals surface area contributed by atoms with E-state index < -0.39 is 11.7 Å². The van der Waals surface area contributed by atoms with Gasteiger partial charge in [0.15, 0.2) is 0 Å². The van der Waals surface area contributed by atoms with Gasteiger partial charge in [0.25, 0.3) is 0 Å². The van der Waals surface area contributed by atoms with Gasteiger partial charge in [-0.2, -0.15) is 0 Å². The normalized spacial score (nSPS) is 11.9. The Kier molecular flexibility index (Phi) is 9.66. The number of halogens is 2. The summed E-state index contributed by atoms with van der Waals surface area (Å²) < 4.78 is 30.7. The Bertz CT molecular complexity index is 1320. The van der Waals surface area contributed by atoms with Gasteiger partial charge in [-0.15, -0.1) is 0 Å². The highest BCUT2D eigenvalue weighted by Gasteiger charge is 2.16. The average Bonchev–Trinajstić information content (AvgIpc) is 2.83. The first-order chi connectivity index (χ1) is 17.6. The van der Waals surface area contributed by atoms with E-state index in [0.29, 0.717) is 44.9 Å². The lowest BCUT2D eigenvalue weighted by Crippen LogP contribution is -2.33. The summed E-state index contributed by atoms with van der Waals surface area (Å²) in [5.74, 6) is 7.28. The number of ether oxygens (including phenoxy) is 3. The number of aromatic nitrogens is 2. The highest BCUT2D eigenvalue weighted by atomic mass is 79.9. The van der Waals surface area contributed by atoms with E-state index in [1.54, 1.807) is 13.2 Å². The van der Waals surface area contributed by atoms with Crippen molar-refractivity contribution in [2.75, 3.05) is 20.7 Å². The first-order valence-corrected chi connectivity index (χ1v) is 12.5. The Labute approximate surface area is 224 Å². The van der Waals surface area contributed by atoms with Crippen LogP contribution in [0.25, 0.3) is 10.9 Å². The SMILES string of the molecule is CNC(C#Cc1cc2ncnc(Oc3ccc(F)cc3Br)c2cc1OC)CCCNC(=O)OC(C)(C)C. The Balaban J connectivity index is 1.74. The van der Waals surface area contributed by atoms with Gasteiger partial charge in [-0.1, -0.05) is 11.8 Å². The number of fused-ring (bicyclic) bond motifs is 1. The molecule has 2 N–H and O–H groups in total. The fraction of sp³-hybridized carbons (Fsp3) is 0.370. The van der Waals surface area contributed by atoms with Gasteiger partial charge in [-0.05, 0) is 86.9 Å². The molecule has 0 bridgehead atoms. The zero-order valence-electron chi connectivity index (χ0n) is 21.4. The Morgan fingerprint density at radius 3 is 2.65 bits per heavy atom. The molecule has 0 aliphatic heterocycles. The van der Waals surface area contributed by atoms with Crippen LogP contribution in [0.2, 0.25) is 0 Å². The third kappa shape index (κ3) is 8.30. The van der Waals surface area contributed by atoms with Gasteiger partial charge in [0, 0.05) is 6.54 Å². The molecule has 0 saturated carbocycles. The molecule has 1 unspecified atom stereocenters. The van der Waals surface area contributed by atoms with Gasteiger partial charge in [-0.3, -0.25) is 0 Å². The van der Waals surface area contributed by atoms with E-state index >= 15 is 0 Å². The number of carbonyl (C=O) groups excluding carboxylic acids is 1. The van der Waals surface area contributed by atoms with Crippen LogP contribution in [0.3, 0.4) is 0 Å². The van der Waals surface area contributed by atoms with Crippen LogP contribution < -0.4 is 20.1 Å². The molecule has 37 heavy (non-hydrogen) atoms. The van der Waals surface area contributed by atoms with Crippen LogP contribution in [0, 0.1) is 17.7 Å². The van der Waals surface area contributed by atoms with Crippen molar-refractivity contribution in [3.8, 4) is 29.2 Å². The van der Waals surface area contributed by atoms with E-state index in [2.05, 4.69) is 48.4 Å². The minimum absolute atomic E-state index is 0.0963. The molecule has 0 aliphatic carbocycles. The van der Waals surface area contributed by atoms with Gasteiger partial charge in [0.05, 0.1) is 34.1 Å². The molecule has 0 saturated heterocycles. The number of nitrogens with one attached hydrogen (secondary N) is 2. The summed E-state index contributed by atoms with van der Waals surface area (Å²) in [6.07, 6.45) is 2.41. The van der Waals surface area contributed by atoms with Crippen LogP contribution in [0.15, 0.2) is 41.1 Å². The highest BCUT2D eigenvalue weighted by molar-refractivity contribution is 9.10. The molecule has 3 rings (SSSR count). The van der Waals surface area contributed by atoms with Crippen molar-refractivity contribution < 1.29 is 23.4 Å². The molecule has 0 radical (unpaired) electrons. The molecule has 1 heterocycles. The van der Waals surface area contributed by atoms with Crippen LogP contribution in [-0.2, 0) is 4.74 Å². The van der Waals surface area contributed by atoms with E-state index in [-0.39, 0.29) is 11.9 Å². The third-order valence-corrected chi connectivity index (χ3v) is 5.71. The number of methoxy groups -OCH3 is 1. The van der Waals surface area contributed by atoms with Gasteiger partial charge in [0.1, 0.15) is 29.2 Å². The van der Waals surface area contributed by atoms with Crippen molar-refractivity contribution in [1.82, 2.24) is 20.6 Å². The monoisotopic (exact) mass is 572 g/mol. The lowest BCUT2D eigenvalue weighted by Gasteiger charge is -2.19. The number of hydrogen-bond donors (Lipinski definition) is 2. The molecule has 8 nitrogen and oxygen atoms in total. The second-order valence-corrected chi connectivity index (χ2v) is 9.96. The number of rotatable bonds is 8. The Morgan fingerprint density at radius 1 is 1.19 bits per heavy atom. The number of amides is 1. The molecule has 3 aromatic rings. The fourth-order valence-corrected chi connectivity index (χ4v) is 3.77. The highest BCUT2D eigenvalue weighted by Crippen LogP contribution is 2.34. The van der Waals surface area contributed by atoms with E-state index in [1.807, 2.05) is 33.9 Å². The Hall–Kier alpha value is -3.42. The number of hydrogen-bond acceptors (Lipinski definition) is 7. The average molecular weight is 573 g/mol. The molecular weight excluding hydrogens is 543 g/mol. The van der Waals surface area contributed by atoms with E-state index in [1.165, 1.54) is 24.5 Å². The maximum Gasteiger partial charge on any atom is 0.407 e. The molecule has 0 spiro atoms. The topological polar surface area (TPSA) is 94.6 Å². The lowest BCUT2D eigenvalue weighted by atomic mass is 10.1. The van der Waals surface area contributed by atoms with E-state index in [4.69, 9.17) is 14.2 Å². The van der Waals surface area contributed by atoms with Crippen LogP contribution >= 0.6 is 15.9 Å². The fourth-order valence-electron chi connectivity index (χ4n) is 3.33. The van der Waals surface area contributed by atoms with Crippen LogP contribution in [0.1, 0.15) is 39.2 Å². The predicted molar refractivity (Wildman–Crippen MR) is 143 cm³/mol. The maximum atomic E-state index is 13.4. The molecule has 2 aromatic carbocycles. The van der Waals surface area contributed by atoms with Gasteiger partial charge in [0.2, 0.25) is 5.88 Å². The molecular formula is C27H30BrFN4O4. The predicted octanol–water partition coefficient (Wildman–Crippen LogP) is 5.58. The van der Waals surface area contributed by atoms with Crippen LogP contribution in [0.5, 0.6) is 17.4 Å². The molecule has 0 fully saturated rings. The van der Waals surface area contributed by atoms with Crippen molar-refractivity contribution in [1.29, 1.82) is 0 Å². The van der Waals surface area contributed by atoms with Crippen molar-refractivity contribution in [2.45, 2.75) is 45.3 Å². The zero-order valence-corrected chi connectivity index (χ0v) is 23.0. The summed E-state index contributed by atoms with van der Waals surface area (Å²) in [5, 5.41) is 6.56. The summed E-state index contributed by atoms with van der Waals surface area (Å²) in [7, 11) is 3.40. The lowest BCUT2D eigenvalue weighted by molar-refractivity contribution is 0.0527. The summed E-state index contributed by atoms with van der Waals surface area (Å²) in [6, 6.07) is 7.63. The molecule has 1 atom stereocenters. The second-order valence-electron chi connectivity index (χ2n) is 9.11. The number of nitrogens with zero attached hydrogens (tertiary/aromatic N) is 2. The van der Waals surface area contributed by atoms with Crippen molar-refractivity contribution in [2.24, 2.45) is 0 Å².